The highest BCUT2D eigenvalue weighted by Crippen LogP contribution is 2.53. The van der Waals surface area contributed by atoms with Crippen LogP contribution >= 0.6 is 0 Å². The Bertz CT molecular complexity index is 1060. The van der Waals surface area contributed by atoms with Crippen LogP contribution in [0.3, 0.4) is 0 Å². The summed E-state index contributed by atoms with van der Waals surface area (Å²) in [5.74, 6) is 2.35. The summed E-state index contributed by atoms with van der Waals surface area (Å²) in [5, 5.41) is 4.56. The van der Waals surface area contributed by atoms with Gasteiger partial charge in [-0.2, -0.15) is 0 Å². The number of benzene rings is 1. The van der Waals surface area contributed by atoms with E-state index in [0.717, 1.165) is 54.2 Å². The van der Waals surface area contributed by atoms with Crippen LogP contribution in [0.5, 0.6) is 0 Å². The molecule has 0 bridgehead atoms. The molecule has 0 amide bonds. The molecule has 4 rings (SSSR count). The highest BCUT2D eigenvalue weighted by Gasteiger charge is 2.43. The molecule has 0 N–H and O–H groups in total. The van der Waals surface area contributed by atoms with E-state index in [1.54, 1.807) is 0 Å². The summed E-state index contributed by atoms with van der Waals surface area (Å²) in [7, 11) is 1.41. The third-order valence-electron chi connectivity index (χ3n) is 8.04. The zero-order chi connectivity index (χ0) is 25.3. The van der Waals surface area contributed by atoms with Crippen molar-refractivity contribution < 1.29 is 18.8 Å². The van der Waals surface area contributed by atoms with Crippen molar-refractivity contribution in [3.63, 3.8) is 0 Å². The Kier molecular flexibility index (Phi) is 7.83. The lowest BCUT2D eigenvalue weighted by Crippen LogP contribution is -2.26. The van der Waals surface area contributed by atoms with Crippen molar-refractivity contribution in [2.45, 2.75) is 97.3 Å². The fraction of sp³-hybridized carbons (Fsp3) is 0.633. The molecular weight excluding hydrogens is 438 g/mol. The van der Waals surface area contributed by atoms with Gasteiger partial charge in [0, 0.05) is 30.2 Å². The quantitative estimate of drug-likeness (QED) is 0.331. The van der Waals surface area contributed by atoms with Crippen molar-refractivity contribution >= 4 is 11.8 Å². The number of hydrogen-bond donors (Lipinski definition) is 0. The van der Waals surface area contributed by atoms with Crippen molar-refractivity contribution in [1.29, 1.82) is 0 Å². The van der Waals surface area contributed by atoms with Crippen LogP contribution in [0, 0.1) is 31.6 Å². The van der Waals surface area contributed by atoms with Crippen LogP contribution in [0.25, 0.3) is 0 Å². The summed E-state index contributed by atoms with van der Waals surface area (Å²) in [5.41, 5.74) is 5.37. The van der Waals surface area contributed by atoms with Crippen molar-refractivity contribution in [2.75, 3.05) is 7.11 Å². The third kappa shape index (κ3) is 5.87. The number of ketones is 1. The first-order valence-corrected chi connectivity index (χ1v) is 13.3. The topological polar surface area (TPSA) is 69.4 Å². The smallest absolute Gasteiger partial charge is 0.309 e. The second-order valence-electron chi connectivity index (χ2n) is 11.6. The van der Waals surface area contributed by atoms with Crippen molar-refractivity contribution in [2.24, 2.45) is 17.8 Å². The Morgan fingerprint density at radius 2 is 1.83 bits per heavy atom. The number of aromatic nitrogens is 1. The summed E-state index contributed by atoms with van der Waals surface area (Å²) in [6.07, 6.45) is 6.42. The summed E-state index contributed by atoms with van der Waals surface area (Å²) in [6.45, 7) is 10.5. The number of carbonyl (C=O) groups is 2. The number of hydrogen-bond acceptors (Lipinski definition) is 5. The number of Topliss-reactive ketones (excluding diaryl/α,β-unsaturated/α-hetero) is 1. The van der Waals surface area contributed by atoms with Crippen LogP contribution in [-0.2, 0) is 20.7 Å². The van der Waals surface area contributed by atoms with Gasteiger partial charge in [-0.3, -0.25) is 9.59 Å². The predicted molar refractivity (Wildman–Crippen MR) is 137 cm³/mol. The predicted octanol–water partition coefficient (Wildman–Crippen LogP) is 6.80. The third-order valence-corrected chi connectivity index (χ3v) is 8.04. The van der Waals surface area contributed by atoms with Gasteiger partial charge in [-0.15, -0.1) is 0 Å². The molecular formula is C30H41NO4. The Hall–Kier alpha value is -2.43. The van der Waals surface area contributed by atoms with Crippen LogP contribution in [0.1, 0.15) is 111 Å². The first-order valence-electron chi connectivity index (χ1n) is 13.3. The van der Waals surface area contributed by atoms with Crippen LogP contribution < -0.4 is 0 Å². The van der Waals surface area contributed by atoms with Crippen LogP contribution in [0.4, 0.5) is 0 Å². The van der Waals surface area contributed by atoms with Gasteiger partial charge in [0.05, 0.1) is 18.7 Å². The van der Waals surface area contributed by atoms with E-state index >= 15 is 0 Å². The molecule has 2 atom stereocenters. The van der Waals surface area contributed by atoms with E-state index in [1.165, 1.54) is 24.7 Å². The molecule has 2 unspecified atom stereocenters. The molecule has 0 spiro atoms. The molecule has 0 aliphatic heterocycles. The number of rotatable bonds is 11. The summed E-state index contributed by atoms with van der Waals surface area (Å²) >= 11 is 0. The second kappa shape index (κ2) is 10.7. The first kappa shape index (κ1) is 25.7. The van der Waals surface area contributed by atoms with E-state index in [1.807, 2.05) is 26.0 Å². The van der Waals surface area contributed by atoms with Gasteiger partial charge in [-0.1, -0.05) is 49.7 Å². The van der Waals surface area contributed by atoms with Crippen molar-refractivity contribution in [3.05, 3.63) is 51.9 Å². The van der Waals surface area contributed by atoms with Gasteiger partial charge in [-0.25, -0.2) is 0 Å². The number of methoxy groups -OCH3 is 1. The normalized spacial score (nSPS) is 21.5. The summed E-state index contributed by atoms with van der Waals surface area (Å²) in [6, 6.07) is 6.19. The van der Waals surface area contributed by atoms with Gasteiger partial charge in [-0.05, 0) is 74.8 Å². The maximum Gasteiger partial charge on any atom is 0.309 e. The summed E-state index contributed by atoms with van der Waals surface area (Å²) < 4.78 is 11.1. The average molecular weight is 480 g/mol. The molecule has 1 heterocycles. The molecule has 1 aromatic carbocycles. The molecule has 0 radical (unpaired) electrons. The molecule has 0 saturated heterocycles. The van der Waals surface area contributed by atoms with Gasteiger partial charge in [0.2, 0.25) is 0 Å². The Morgan fingerprint density at radius 1 is 1.11 bits per heavy atom. The molecule has 2 fully saturated rings. The van der Waals surface area contributed by atoms with Crippen molar-refractivity contribution in [1.82, 2.24) is 5.16 Å². The number of ether oxygens (including phenoxy) is 1. The number of esters is 1. The molecule has 2 aliphatic carbocycles. The largest absolute Gasteiger partial charge is 0.469 e. The molecule has 190 valence electrons. The average Bonchev–Trinajstić information content (AvgIpc) is 3.53. The van der Waals surface area contributed by atoms with E-state index in [0.29, 0.717) is 24.2 Å². The number of aryl methyl sites for hydroxylation is 2. The minimum absolute atomic E-state index is 0.115. The lowest BCUT2D eigenvalue weighted by atomic mass is 9.69. The van der Waals surface area contributed by atoms with Gasteiger partial charge >= 0.3 is 5.97 Å². The highest BCUT2D eigenvalue weighted by molar-refractivity contribution is 5.83. The Labute approximate surface area is 210 Å². The van der Waals surface area contributed by atoms with Crippen LogP contribution in [-0.4, -0.2) is 24.0 Å². The van der Waals surface area contributed by atoms with E-state index < -0.39 is 5.92 Å². The molecule has 5 heteroatoms. The SMILES string of the molecule is COC(=O)C(C)C(CC(=O)Cc1ccc(C)cc1C)c1noc(C2CC(CC(C)C)C2)c1C1CC1. The monoisotopic (exact) mass is 479 g/mol. The first-order chi connectivity index (χ1) is 16.7. The maximum absolute atomic E-state index is 13.3. The van der Waals surface area contributed by atoms with E-state index in [4.69, 9.17) is 9.26 Å². The Balaban J connectivity index is 1.58. The fourth-order valence-corrected chi connectivity index (χ4v) is 5.91. The minimum atomic E-state index is -0.464. The lowest BCUT2D eigenvalue weighted by molar-refractivity contribution is -0.145. The van der Waals surface area contributed by atoms with Gasteiger partial charge in [0.1, 0.15) is 11.5 Å². The molecule has 1 aromatic heterocycles. The van der Waals surface area contributed by atoms with E-state index in [-0.39, 0.29) is 24.1 Å². The molecule has 2 aromatic rings. The van der Waals surface area contributed by atoms with Gasteiger partial charge < -0.3 is 9.26 Å². The van der Waals surface area contributed by atoms with Crippen LogP contribution in [0.15, 0.2) is 22.7 Å². The Morgan fingerprint density at radius 3 is 2.43 bits per heavy atom. The number of nitrogens with zero attached hydrogens (tertiary/aromatic N) is 1. The highest BCUT2D eigenvalue weighted by atomic mass is 16.5. The number of carbonyl (C=O) groups excluding carboxylic acids is 2. The molecule has 2 saturated carbocycles. The standard InChI is InChI=1S/C30H41NO4/c1-17(2)11-21-13-24(14-21)29-27(22-9-10-22)28(31-35-29)26(20(5)30(33)34-6)16-25(32)15-23-8-7-18(3)12-19(23)4/h7-8,12,17,20-22,24,26H,9-11,13-16H2,1-6H3. The van der Waals surface area contributed by atoms with Gasteiger partial charge in [0.25, 0.3) is 0 Å². The lowest BCUT2D eigenvalue weighted by Gasteiger charge is -2.35. The minimum Gasteiger partial charge on any atom is -0.469 e. The molecule has 2 aliphatic rings. The van der Waals surface area contributed by atoms with E-state index in [9.17, 15) is 9.59 Å². The molecule has 5 nitrogen and oxygen atoms in total. The van der Waals surface area contributed by atoms with E-state index in [2.05, 4.69) is 32.0 Å². The van der Waals surface area contributed by atoms with Gasteiger partial charge in [0.15, 0.2) is 0 Å². The van der Waals surface area contributed by atoms with Crippen molar-refractivity contribution in [3.8, 4) is 0 Å². The molecule has 35 heavy (non-hydrogen) atoms. The zero-order valence-electron chi connectivity index (χ0n) is 22.2. The summed E-state index contributed by atoms with van der Waals surface area (Å²) in [4.78, 5) is 25.9. The fourth-order valence-electron chi connectivity index (χ4n) is 5.91. The van der Waals surface area contributed by atoms with Crippen LogP contribution in [0.2, 0.25) is 0 Å². The maximum atomic E-state index is 13.3. The second-order valence-corrected chi connectivity index (χ2v) is 11.6. The zero-order valence-corrected chi connectivity index (χ0v) is 22.2.